The third kappa shape index (κ3) is 3.65. The van der Waals surface area contributed by atoms with Gasteiger partial charge >= 0.3 is 12.1 Å². The van der Waals surface area contributed by atoms with Gasteiger partial charge in [-0.2, -0.15) is 13.2 Å². The van der Waals surface area contributed by atoms with Gasteiger partial charge in [-0.15, -0.1) is 0 Å². The van der Waals surface area contributed by atoms with Crippen molar-refractivity contribution in [1.82, 2.24) is 4.57 Å². The average Bonchev–Trinajstić information content (AvgIpc) is 2.71. The third-order valence-electron chi connectivity index (χ3n) is 5.11. The summed E-state index contributed by atoms with van der Waals surface area (Å²) in [4.78, 5) is 25.4. The molecule has 0 aliphatic carbocycles. The van der Waals surface area contributed by atoms with Crippen LogP contribution in [0, 0.1) is 0 Å². The molecule has 4 rings (SSSR count). The van der Waals surface area contributed by atoms with Crippen molar-refractivity contribution in [1.29, 1.82) is 0 Å². The lowest BCUT2D eigenvalue weighted by atomic mass is 10.00. The summed E-state index contributed by atoms with van der Waals surface area (Å²) in [6.07, 6.45) is -4.45. The number of hydrogen-bond acceptors (Lipinski definition) is 5. The van der Waals surface area contributed by atoms with Crippen molar-refractivity contribution in [3.05, 3.63) is 67.9 Å². The van der Waals surface area contributed by atoms with Crippen LogP contribution in [-0.2, 0) is 17.5 Å². The zero-order valence-electron chi connectivity index (χ0n) is 16.1. The number of esters is 1. The number of carbonyl (C=O) groups is 1. The van der Waals surface area contributed by atoms with E-state index in [0.717, 1.165) is 12.1 Å². The number of hydrogen-bond donors (Lipinski definition) is 2. The number of ether oxygens (including phenoxy) is 1. The van der Waals surface area contributed by atoms with Gasteiger partial charge in [0.2, 0.25) is 0 Å². The van der Waals surface area contributed by atoms with Crippen LogP contribution in [0.5, 0.6) is 5.75 Å². The molecule has 10 heteroatoms. The van der Waals surface area contributed by atoms with E-state index < -0.39 is 40.6 Å². The summed E-state index contributed by atoms with van der Waals surface area (Å²) in [7, 11) is 0. The van der Waals surface area contributed by atoms with Crippen LogP contribution >= 0.6 is 15.9 Å². The molecule has 0 bridgehead atoms. The van der Waals surface area contributed by atoms with Crippen LogP contribution in [0.1, 0.15) is 34.5 Å². The summed E-state index contributed by atoms with van der Waals surface area (Å²) in [6, 6.07) is 7.38. The van der Waals surface area contributed by atoms with E-state index in [-0.39, 0.29) is 18.5 Å². The van der Waals surface area contributed by atoms with E-state index in [1.165, 1.54) is 16.7 Å². The van der Waals surface area contributed by atoms with E-state index in [4.69, 9.17) is 4.74 Å². The SMILES string of the molecule is CCOC(=O)c1c(O)c2cc(Br)cc3c2n(c1=O)CC(c1ccc(C(F)(F)F)cc1)N3. The molecule has 1 aliphatic heterocycles. The van der Waals surface area contributed by atoms with E-state index >= 15 is 0 Å². The normalized spacial score (nSPS) is 15.6. The maximum absolute atomic E-state index is 13.1. The predicted molar refractivity (Wildman–Crippen MR) is 111 cm³/mol. The van der Waals surface area contributed by atoms with Gasteiger partial charge in [-0.25, -0.2) is 4.79 Å². The Balaban J connectivity index is 1.87. The summed E-state index contributed by atoms with van der Waals surface area (Å²) in [5.74, 6) is -1.42. The molecule has 2 aromatic carbocycles. The summed E-state index contributed by atoms with van der Waals surface area (Å²) in [5.41, 5.74) is -0.574. The first kappa shape index (κ1) is 21.2. The predicted octanol–water partition coefficient (Wildman–Crippen LogP) is 4.83. The molecule has 1 atom stereocenters. The van der Waals surface area contributed by atoms with E-state index in [1.807, 2.05) is 0 Å². The monoisotopic (exact) mass is 496 g/mol. The summed E-state index contributed by atoms with van der Waals surface area (Å²) < 4.78 is 45.5. The van der Waals surface area contributed by atoms with Gasteiger partial charge in [0.1, 0.15) is 5.75 Å². The highest BCUT2D eigenvalue weighted by atomic mass is 79.9. The van der Waals surface area contributed by atoms with E-state index in [2.05, 4.69) is 21.2 Å². The number of benzene rings is 2. The Kier molecular flexibility index (Phi) is 5.20. The van der Waals surface area contributed by atoms with Gasteiger partial charge < -0.3 is 19.7 Å². The minimum absolute atomic E-state index is 0.0230. The molecule has 3 aromatic rings. The number of rotatable bonds is 3. The van der Waals surface area contributed by atoms with Gasteiger partial charge in [0.25, 0.3) is 5.56 Å². The topological polar surface area (TPSA) is 80.6 Å². The second-order valence-corrected chi connectivity index (χ2v) is 7.94. The fourth-order valence-electron chi connectivity index (χ4n) is 3.72. The number of alkyl halides is 3. The first-order valence-electron chi connectivity index (χ1n) is 9.31. The standard InChI is InChI=1S/C21H16BrF3N2O4/c1-2-31-20(30)16-18(28)13-7-12(22)8-14-17(13)27(19(16)29)9-15(26-14)10-3-5-11(6-4-10)21(23,24)25/h3-8,15,26,28H,2,9H2,1H3. The Morgan fingerprint density at radius 1 is 1.29 bits per heavy atom. The maximum atomic E-state index is 13.1. The summed E-state index contributed by atoms with van der Waals surface area (Å²) >= 11 is 3.35. The molecule has 6 nitrogen and oxygen atoms in total. The molecule has 1 unspecified atom stereocenters. The molecule has 162 valence electrons. The van der Waals surface area contributed by atoms with Crippen LogP contribution in [0.15, 0.2) is 45.7 Å². The Bertz CT molecular complexity index is 1250. The van der Waals surface area contributed by atoms with Crippen molar-refractivity contribution in [2.75, 3.05) is 11.9 Å². The zero-order chi connectivity index (χ0) is 22.5. The van der Waals surface area contributed by atoms with Crippen molar-refractivity contribution in [2.24, 2.45) is 0 Å². The molecule has 2 N–H and O–H groups in total. The molecule has 0 spiro atoms. The van der Waals surface area contributed by atoms with E-state index in [0.29, 0.717) is 21.2 Å². The van der Waals surface area contributed by atoms with Crippen molar-refractivity contribution in [3.8, 4) is 5.75 Å². The second-order valence-electron chi connectivity index (χ2n) is 7.03. The van der Waals surface area contributed by atoms with Crippen LogP contribution in [0.3, 0.4) is 0 Å². The molecule has 0 radical (unpaired) electrons. The molecule has 0 amide bonds. The number of pyridine rings is 1. The molecule has 0 saturated heterocycles. The molecule has 1 aliphatic rings. The minimum Gasteiger partial charge on any atom is -0.506 e. The van der Waals surface area contributed by atoms with Crippen molar-refractivity contribution in [3.63, 3.8) is 0 Å². The molecule has 31 heavy (non-hydrogen) atoms. The Morgan fingerprint density at radius 3 is 2.58 bits per heavy atom. The van der Waals surface area contributed by atoms with Crippen molar-refractivity contribution < 1.29 is 27.8 Å². The van der Waals surface area contributed by atoms with Crippen LogP contribution < -0.4 is 10.9 Å². The van der Waals surface area contributed by atoms with Gasteiger partial charge in [-0.1, -0.05) is 28.1 Å². The van der Waals surface area contributed by atoms with Crippen LogP contribution in [0.25, 0.3) is 10.9 Å². The Morgan fingerprint density at radius 2 is 1.97 bits per heavy atom. The third-order valence-corrected chi connectivity index (χ3v) is 5.57. The molecule has 2 heterocycles. The fourth-order valence-corrected chi connectivity index (χ4v) is 4.18. The summed E-state index contributed by atoms with van der Waals surface area (Å²) in [6.45, 7) is 1.65. The average molecular weight is 497 g/mol. The lowest BCUT2D eigenvalue weighted by molar-refractivity contribution is -0.137. The molecular formula is C21H16BrF3N2O4. The molecule has 0 saturated carbocycles. The Labute approximate surface area is 182 Å². The summed E-state index contributed by atoms with van der Waals surface area (Å²) in [5, 5.41) is 14.1. The van der Waals surface area contributed by atoms with E-state index in [1.54, 1.807) is 19.1 Å². The van der Waals surface area contributed by atoms with Gasteiger partial charge in [-0.05, 0) is 36.8 Å². The fraction of sp³-hybridized carbons (Fsp3) is 0.238. The van der Waals surface area contributed by atoms with Crippen LogP contribution in [0.2, 0.25) is 0 Å². The number of nitrogens with one attached hydrogen (secondary N) is 1. The number of halogens is 4. The zero-order valence-corrected chi connectivity index (χ0v) is 17.7. The Hall–Kier alpha value is -3.01. The van der Waals surface area contributed by atoms with Crippen LogP contribution in [0.4, 0.5) is 18.9 Å². The molecule has 1 aromatic heterocycles. The lowest BCUT2D eigenvalue weighted by Crippen LogP contribution is -2.34. The lowest BCUT2D eigenvalue weighted by Gasteiger charge is -2.30. The number of nitrogens with zero attached hydrogens (tertiary/aromatic N) is 1. The van der Waals surface area contributed by atoms with Gasteiger partial charge in [0.05, 0.1) is 36.0 Å². The van der Waals surface area contributed by atoms with Gasteiger partial charge in [0, 0.05) is 9.86 Å². The highest BCUT2D eigenvalue weighted by Crippen LogP contribution is 2.40. The van der Waals surface area contributed by atoms with Crippen LogP contribution in [-0.4, -0.2) is 22.2 Å². The number of aromatic nitrogens is 1. The van der Waals surface area contributed by atoms with Gasteiger partial charge in [-0.3, -0.25) is 4.79 Å². The number of aromatic hydroxyl groups is 1. The maximum Gasteiger partial charge on any atom is 0.416 e. The molecular weight excluding hydrogens is 481 g/mol. The highest BCUT2D eigenvalue weighted by Gasteiger charge is 2.32. The quantitative estimate of drug-likeness (QED) is 0.507. The smallest absolute Gasteiger partial charge is 0.416 e. The van der Waals surface area contributed by atoms with Gasteiger partial charge in [0.15, 0.2) is 5.56 Å². The molecule has 0 fully saturated rings. The highest BCUT2D eigenvalue weighted by molar-refractivity contribution is 9.10. The number of anilines is 1. The van der Waals surface area contributed by atoms with Crippen molar-refractivity contribution >= 4 is 38.5 Å². The minimum atomic E-state index is -4.45. The first-order chi connectivity index (χ1) is 14.6. The van der Waals surface area contributed by atoms with E-state index in [9.17, 15) is 27.9 Å². The second kappa shape index (κ2) is 7.60. The number of carbonyl (C=O) groups excluding carboxylic acids is 1. The largest absolute Gasteiger partial charge is 0.506 e. The first-order valence-corrected chi connectivity index (χ1v) is 10.1. The van der Waals surface area contributed by atoms with Crippen molar-refractivity contribution in [2.45, 2.75) is 25.7 Å².